The maximum atomic E-state index is 14.1. The van der Waals surface area contributed by atoms with Gasteiger partial charge in [-0.3, -0.25) is 0 Å². The number of rotatable bonds is 3. The highest BCUT2D eigenvalue weighted by molar-refractivity contribution is 6.42. The second-order valence-electron chi connectivity index (χ2n) is 4.52. The molecule has 3 nitrogen and oxygen atoms in total. The number of nitrogens with one attached hydrogen (secondary N) is 1. The van der Waals surface area contributed by atoms with Gasteiger partial charge < -0.3 is 5.32 Å². The number of benzene rings is 2. The van der Waals surface area contributed by atoms with Crippen LogP contribution in [0.25, 0.3) is 22.0 Å². The van der Waals surface area contributed by atoms with Crippen molar-refractivity contribution in [1.29, 1.82) is 0 Å². The minimum absolute atomic E-state index is 0.225. The molecule has 0 saturated carbocycles. The molecular weight excluding hydrogens is 324 g/mol. The van der Waals surface area contributed by atoms with Crippen molar-refractivity contribution in [3.05, 3.63) is 65.3 Å². The topological polar surface area (TPSA) is 37.8 Å². The molecule has 0 aliphatic heterocycles. The zero-order valence-electron chi connectivity index (χ0n) is 11.3. The van der Waals surface area contributed by atoms with Crippen LogP contribution in [0.3, 0.4) is 0 Å². The van der Waals surface area contributed by atoms with Crippen molar-refractivity contribution >= 4 is 39.9 Å². The van der Waals surface area contributed by atoms with E-state index in [1.165, 1.54) is 18.6 Å². The smallest absolute Gasteiger partial charge is 0.149 e. The molecule has 0 atom stereocenters. The summed E-state index contributed by atoms with van der Waals surface area (Å²) in [6.07, 6.45) is 2.78. The molecule has 0 radical (unpaired) electrons. The molecule has 2 aromatic carbocycles. The van der Waals surface area contributed by atoms with E-state index in [1.54, 1.807) is 18.2 Å². The molecule has 0 unspecified atom stereocenters. The molecule has 22 heavy (non-hydrogen) atoms. The fourth-order valence-electron chi connectivity index (χ4n) is 2.25. The first kappa shape index (κ1) is 14.8. The average Bonchev–Trinajstić information content (AvgIpc) is 2.52. The summed E-state index contributed by atoms with van der Waals surface area (Å²) in [6.45, 7) is 3.61. The Labute approximate surface area is 136 Å². The van der Waals surface area contributed by atoms with Gasteiger partial charge in [0.15, 0.2) is 0 Å². The summed E-state index contributed by atoms with van der Waals surface area (Å²) in [7, 11) is 0. The van der Waals surface area contributed by atoms with Gasteiger partial charge >= 0.3 is 0 Å². The van der Waals surface area contributed by atoms with Crippen LogP contribution in [0.1, 0.15) is 0 Å². The zero-order valence-corrected chi connectivity index (χ0v) is 12.8. The lowest BCUT2D eigenvalue weighted by atomic mass is 10.0. The van der Waals surface area contributed by atoms with Gasteiger partial charge in [0.1, 0.15) is 23.5 Å². The van der Waals surface area contributed by atoms with E-state index in [2.05, 4.69) is 21.9 Å². The highest BCUT2D eigenvalue weighted by atomic mass is 35.5. The van der Waals surface area contributed by atoms with Gasteiger partial charge in [0.25, 0.3) is 0 Å². The quantitative estimate of drug-likeness (QED) is 0.706. The van der Waals surface area contributed by atoms with Crippen LogP contribution in [-0.2, 0) is 0 Å². The third-order valence-corrected chi connectivity index (χ3v) is 3.95. The monoisotopic (exact) mass is 333 g/mol. The summed E-state index contributed by atoms with van der Waals surface area (Å²) in [5.74, 6) is 0.0499. The van der Waals surface area contributed by atoms with E-state index >= 15 is 0 Å². The summed E-state index contributed by atoms with van der Waals surface area (Å²) in [4.78, 5) is 8.18. The van der Waals surface area contributed by atoms with Crippen LogP contribution in [-0.4, -0.2) is 9.97 Å². The Morgan fingerprint density at radius 1 is 1.09 bits per heavy atom. The van der Waals surface area contributed by atoms with Crippen molar-refractivity contribution in [3.8, 4) is 11.1 Å². The zero-order chi connectivity index (χ0) is 15.7. The second kappa shape index (κ2) is 5.91. The van der Waals surface area contributed by atoms with Crippen LogP contribution >= 0.6 is 23.2 Å². The molecule has 3 rings (SSSR count). The van der Waals surface area contributed by atoms with Gasteiger partial charge in [-0.1, -0.05) is 41.9 Å². The number of hydrogen-bond acceptors (Lipinski definition) is 3. The van der Waals surface area contributed by atoms with Crippen LogP contribution in [0, 0.1) is 5.82 Å². The van der Waals surface area contributed by atoms with Gasteiger partial charge in [-0.25, -0.2) is 14.4 Å². The lowest BCUT2D eigenvalue weighted by Gasteiger charge is -2.11. The lowest BCUT2D eigenvalue weighted by molar-refractivity contribution is 0.636. The highest BCUT2D eigenvalue weighted by Crippen LogP contribution is 2.35. The predicted octanol–water partition coefficient (Wildman–Crippen LogP) is 5.30. The van der Waals surface area contributed by atoms with Crippen LogP contribution < -0.4 is 5.32 Å². The SMILES string of the molecule is C=CNc1ncnc2c(F)ccc(-c3ccc(Cl)c(Cl)c3)c12. The van der Waals surface area contributed by atoms with E-state index in [1.807, 2.05) is 6.07 Å². The molecular formula is C16H10Cl2FN3. The lowest BCUT2D eigenvalue weighted by Crippen LogP contribution is -1.97. The molecule has 1 heterocycles. The van der Waals surface area contributed by atoms with Crippen molar-refractivity contribution in [2.45, 2.75) is 0 Å². The third-order valence-electron chi connectivity index (χ3n) is 3.21. The fraction of sp³-hybridized carbons (Fsp3) is 0. The predicted molar refractivity (Wildman–Crippen MR) is 88.8 cm³/mol. The molecule has 0 amide bonds. The van der Waals surface area contributed by atoms with E-state index in [4.69, 9.17) is 23.2 Å². The molecule has 1 aromatic heterocycles. The van der Waals surface area contributed by atoms with Gasteiger partial charge in [-0.2, -0.15) is 0 Å². The van der Waals surface area contributed by atoms with E-state index in [0.29, 0.717) is 21.2 Å². The molecule has 6 heteroatoms. The number of hydrogen-bond donors (Lipinski definition) is 1. The van der Waals surface area contributed by atoms with Crippen molar-refractivity contribution < 1.29 is 4.39 Å². The Bertz CT molecular complexity index is 881. The largest absolute Gasteiger partial charge is 0.347 e. The van der Waals surface area contributed by atoms with Gasteiger partial charge in [-0.15, -0.1) is 0 Å². The van der Waals surface area contributed by atoms with Crippen LogP contribution in [0.15, 0.2) is 49.4 Å². The van der Waals surface area contributed by atoms with Crippen molar-refractivity contribution in [3.63, 3.8) is 0 Å². The molecule has 0 aliphatic rings. The van der Waals surface area contributed by atoms with E-state index < -0.39 is 5.82 Å². The van der Waals surface area contributed by atoms with Crippen LogP contribution in [0.5, 0.6) is 0 Å². The first-order valence-corrected chi connectivity index (χ1v) is 7.13. The average molecular weight is 334 g/mol. The Balaban J connectivity index is 2.35. The summed E-state index contributed by atoms with van der Waals surface area (Å²) in [6, 6.07) is 8.26. The molecule has 3 aromatic rings. The van der Waals surface area contributed by atoms with Gasteiger partial charge in [0, 0.05) is 0 Å². The van der Waals surface area contributed by atoms with Crippen molar-refractivity contribution in [2.24, 2.45) is 0 Å². The third kappa shape index (κ3) is 2.51. The molecule has 0 spiro atoms. The number of nitrogens with zero attached hydrogens (tertiary/aromatic N) is 2. The Morgan fingerprint density at radius 2 is 1.91 bits per heavy atom. The van der Waals surface area contributed by atoms with E-state index in [0.717, 1.165) is 11.1 Å². The number of aromatic nitrogens is 2. The van der Waals surface area contributed by atoms with Crippen molar-refractivity contribution in [1.82, 2.24) is 9.97 Å². The highest BCUT2D eigenvalue weighted by Gasteiger charge is 2.14. The van der Waals surface area contributed by atoms with Gasteiger partial charge in [0.05, 0.1) is 15.4 Å². The minimum Gasteiger partial charge on any atom is -0.347 e. The molecule has 0 aliphatic carbocycles. The normalized spacial score (nSPS) is 10.7. The number of halogens is 3. The Hall–Kier alpha value is -2.17. The first-order valence-electron chi connectivity index (χ1n) is 6.38. The maximum absolute atomic E-state index is 14.1. The summed E-state index contributed by atoms with van der Waals surface area (Å²) in [5, 5.41) is 4.34. The minimum atomic E-state index is -0.423. The summed E-state index contributed by atoms with van der Waals surface area (Å²) >= 11 is 12.0. The number of fused-ring (bicyclic) bond motifs is 1. The molecule has 0 fully saturated rings. The van der Waals surface area contributed by atoms with E-state index in [9.17, 15) is 4.39 Å². The summed E-state index contributed by atoms with van der Waals surface area (Å²) in [5.41, 5.74) is 1.77. The Kier molecular flexibility index (Phi) is 3.96. The molecule has 110 valence electrons. The molecule has 0 bridgehead atoms. The number of anilines is 1. The fourth-order valence-corrected chi connectivity index (χ4v) is 2.55. The van der Waals surface area contributed by atoms with Gasteiger partial charge in [0.2, 0.25) is 0 Å². The summed E-state index contributed by atoms with van der Waals surface area (Å²) < 4.78 is 14.1. The standard InChI is InChI=1S/C16H10Cl2FN3/c1-2-20-16-14-10(9-3-5-11(17)12(18)7-9)4-6-13(19)15(14)21-8-22-16/h2-8H,1H2,(H,20,21,22). The second-order valence-corrected chi connectivity index (χ2v) is 5.33. The maximum Gasteiger partial charge on any atom is 0.149 e. The van der Waals surface area contributed by atoms with E-state index in [-0.39, 0.29) is 5.52 Å². The van der Waals surface area contributed by atoms with Crippen LogP contribution in [0.4, 0.5) is 10.2 Å². The van der Waals surface area contributed by atoms with Crippen LogP contribution in [0.2, 0.25) is 10.0 Å². The first-order chi connectivity index (χ1) is 10.6. The van der Waals surface area contributed by atoms with Gasteiger partial charge in [-0.05, 0) is 35.5 Å². The van der Waals surface area contributed by atoms with Crippen molar-refractivity contribution in [2.75, 3.05) is 5.32 Å². The Morgan fingerprint density at radius 3 is 2.64 bits per heavy atom. The molecule has 0 saturated heterocycles. The molecule has 1 N–H and O–H groups in total.